The molecule has 0 aliphatic carbocycles. The molecule has 8 nitrogen and oxygen atoms in total. The predicted octanol–water partition coefficient (Wildman–Crippen LogP) is 3.89. The summed E-state index contributed by atoms with van der Waals surface area (Å²) in [4.78, 5) is 10.6. The molecule has 0 aromatic heterocycles. The summed E-state index contributed by atoms with van der Waals surface area (Å²) in [6.07, 6.45) is 1.17. The van der Waals surface area contributed by atoms with Crippen LogP contribution in [0.1, 0.15) is 36.5 Å². The van der Waals surface area contributed by atoms with Crippen molar-refractivity contribution in [3.8, 4) is 0 Å². The average Bonchev–Trinajstić information content (AvgIpc) is 2.72. The van der Waals surface area contributed by atoms with Gasteiger partial charge in [0.05, 0.1) is 16.4 Å². The van der Waals surface area contributed by atoms with Gasteiger partial charge in [0, 0.05) is 18.7 Å². The van der Waals surface area contributed by atoms with Crippen LogP contribution in [0.25, 0.3) is 0 Å². The Labute approximate surface area is 169 Å². The van der Waals surface area contributed by atoms with Gasteiger partial charge in [0.2, 0.25) is 0 Å². The molecule has 1 heterocycles. The van der Waals surface area contributed by atoms with Crippen molar-refractivity contribution < 1.29 is 27.0 Å². The molecule has 0 bridgehead atoms. The zero-order valence-electron chi connectivity index (χ0n) is 16.0. The number of ether oxygens (including phenoxy) is 2. The third kappa shape index (κ3) is 5.83. The fourth-order valence-corrected chi connectivity index (χ4v) is 3.89. The maximum absolute atomic E-state index is 12.5. The van der Waals surface area contributed by atoms with E-state index in [9.17, 15) is 18.5 Å². The molecular formula is C20H23NO7S. The van der Waals surface area contributed by atoms with Crippen LogP contribution in [-0.2, 0) is 23.8 Å². The number of hydrogen-bond acceptors (Lipinski definition) is 7. The fourth-order valence-electron chi connectivity index (χ4n) is 2.98. The molecule has 1 saturated heterocycles. The first-order chi connectivity index (χ1) is 13.8. The molecule has 3 rings (SSSR count). The summed E-state index contributed by atoms with van der Waals surface area (Å²) in [7, 11) is -4.00. The highest BCUT2D eigenvalue weighted by Crippen LogP contribution is 2.28. The summed E-state index contributed by atoms with van der Waals surface area (Å²) in [5, 5.41) is 11.1. The third-order valence-corrected chi connectivity index (χ3v) is 5.89. The molecule has 9 heteroatoms. The second kappa shape index (κ2) is 9.45. The summed E-state index contributed by atoms with van der Waals surface area (Å²) >= 11 is 0. The van der Waals surface area contributed by atoms with E-state index in [0.29, 0.717) is 18.6 Å². The van der Waals surface area contributed by atoms with Crippen molar-refractivity contribution in [2.75, 3.05) is 13.2 Å². The summed E-state index contributed by atoms with van der Waals surface area (Å²) in [6.45, 7) is 2.08. The van der Waals surface area contributed by atoms with Crippen LogP contribution >= 0.6 is 0 Å². The lowest BCUT2D eigenvalue weighted by Gasteiger charge is -2.27. The first kappa shape index (κ1) is 21.4. The monoisotopic (exact) mass is 421 g/mol. The minimum atomic E-state index is -4.00. The molecular weight excluding hydrogens is 398 g/mol. The van der Waals surface area contributed by atoms with Crippen molar-refractivity contribution in [3.63, 3.8) is 0 Å². The topological polar surface area (TPSA) is 105 Å². The van der Waals surface area contributed by atoms with E-state index >= 15 is 0 Å². The highest BCUT2D eigenvalue weighted by molar-refractivity contribution is 7.86. The van der Waals surface area contributed by atoms with Gasteiger partial charge in [-0.15, -0.1) is 0 Å². The fraction of sp³-hybridized carbons (Fsp3) is 0.400. The normalized spacial score (nSPS) is 18.3. The van der Waals surface area contributed by atoms with E-state index < -0.39 is 27.4 Å². The molecule has 2 atom stereocenters. The van der Waals surface area contributed by atoms with Gasteiger partial charge in [-0.2, -0.15) is 8.42 Å². The van der Waals surface area contributed by atoms with Gasteiger partial charge in [-0.25, -0.2) is 0 Å². The maximum atomic E-state index is 12.5. The minimum Gasteiger partial charge on any atom is -0.353 e. The van der Waals surface area contributed by atoms with Gasteiger partial charge in [-0.05, 0) is 43.9 Å². The molecule has 0 amide bonds. The number of non-ortho nitro benzene ring substituents is 1. The Morgan fingerprint density at radius 1 is 1.21 bits per heavy atom. The maximum Gasteiger partial charge on any atom is 0.297 e. The number of rotatable bonds is 8. The van der Waals surface area contributed by atoms with E-state index in [1.54, 1.807) is 18.2 Å². The van der Waals surface area contributed by atoms with Crippen LogP contribution in [-0.4, -0.2) is 32.8 Å². The highest BCUT2D eigenvalue weighted by Gasteiger charge is 2.25. The lowest BCUT2D eigenvalue weighted by Crippen LogP contribution is -2.27. The summed E-state index contributed by atoms with van der Waals surface area (Å²) in [5.41, 5.74) is 1.27. The first-order valence-electron chi connectivity index (χ1n) is 9.33. The van der Waals surface area contributed by atoms with Gasteiger partial charge in [-0.1, -0.05) is 29.8 Å². The van der Waals surface area contributed by atoms with Gasteiger partial charge in [-0.3, -0.25) is 14.3 Å². The SMILES string of the molecule is Cc1ccc(S(=O)(=O)OCC(OC2CCCCO2)c2cccc([N+](=O)[O-])c2)cc1. The van der Waals surface area contributed by atoms with E-state index in [0.717, 1.165) is 18.4 Å². The number of nitro groups is 1. The Bertz CT molecular complexity index is 938. The number of aryl methyl sites for hydroxylation is 1. The summed E-state index contributed by atoms with van der Waals surface area (Å²) in [5.74, 6) is 0. The van der Waals surface area contributed by atoms with E-state index in [-0.39, 0.29) is 17.2 Å². The quantitative estimate of drug-likeness (QED) is 0.362. The van der Waals surface area contributed by atoms with E-state index in [1.165, 1.54) is 30.3 Å². The standard InChI is InChI=1S/C20H23NO7S/c1-15-8-10-18(11-9-15)29(24,25)27-14-19(28-20-7-2-3-12-26-20)16-5-4-6-17(13-16)21(22)23/h4-6,8-11,13,19-20H,2-3,7,12,14H2,1H3. The van der Waals surface area contributed by atoms with E-state index in [1.807, 2.05) is 6.92 Å². The van der Waals surface area contributed by atoms with Crippen LogP contribution in [0, 0.1) is 17.0 Å². The van der Waals surface area contributed by atoms with Gasteiger partial charge in [0.1, 0.15) is 6.10 Å². The molecule has 29 heavy (non-hydrogen) atoms. The first-order valence-corrected chi connectivity index (χ1v) is 10.7. The molecule has 156 valence electrons. The second-order valence-electron chi connectivity index (χ2n) is 6.82. The molecule has 0 N–H and O–H groups in total. The molecule has 0 spiro atoms. The van der Waals surface area contributed by atoms with Crippen molar-refractivity contribution in [1.29, 1.82) is 0 Å². The van der Waals surface area contributed by atoms with Crippen LogP contribution in [0.3, 0.4) is 0 Å². The minimum absolute atomic E-state index is 0.0369. The van der Waals surface area contributed by atoms with E-state index in [4.69, 9.17) is 13.7 Å². The van der Waals surface area contributed by atoms with Crippen molar-refractivity contribution in [2.45, 2.75) is 43.5 Å². The summed E-state index contributed by atoms with van der Waals surface area (Å²) < 4.78 is 41.8. The Balaban J connectivity index is 1.79. The average molecular weight is 421 g/mol. The smallest absolute Gasteiger partial charge is 0.297 e. The molecule has 2 aromatic carbocycles. The van der Waals surface area contributed by atoms with Gasteiger partial charge in [0.25, 0.3) is 15.8 Å². The van der Waals surface area contributed by atoms with Crippen LogP contribution in [0.15, 0.2) is 53.4 Å². The second-order valence-corrected chi connectivity index (χ2v) is 8.44. The molecule has 1 aliphatic rings. The van der Waals surface area contributed by atoms with Crippen LogP contribution in [0.2, 0.25) is 0 Å². The Morgan fingerprint density at radius 3 is 2.62 bits per heavy atom. The van der Waals surface area contributed by atoms with Crippen LogP contribution < -0.4 is 0 Å². The lowest BCUT2D eigenvalue weighted by molar-refractivity contribution is -0.385. The van der Waals surface area contributed by atoms with Crippen molar-refractivity contribution in [1.82, 2.24) is 0 Å². The molecule has 0 saturated carbocycles. The Kier molecular flexibility index (Phi) is 6.96. The lowest BCUT2D eigenvalue weighted by atomic mass is 10.1. The van der Waals surface area contributed by atoms with Crippen molar-refractivity contribution in [2.24, 2.45) is 0 Å². The largest absolute Gasteiger partial charge is 0.353 e. The Hall–Kier alpha value is -2.33. The number of nitrogens with zero attached hydrogens (tertiary/aromatic N) is 1. The zero-order valence-corrected chi connectivity index (χ0v) is 16.8. The zero-order chi connectivity index (χ0) is 20.9. The molecule has 2 unspecified atom stereocenters. The van der Waals surface area contributed by atoms with E-state index in [2.05, 4.69) is 0 Å². The summed E-state index contributed by atoms with van der Waals surface area (Å²) in [6, 6.07) is 12.2. The molecule has 0 radical (unpaired) electrons. The number of hydrogen-bond donors (Lipinski definition) is 0. The van der Waals surface area contributed by atoms with Crippen molar-refractivity contribution >= 4 is 15.8 Å². The molecule has 1 fully saturated rings. The van der Waals surface area contributed by atoms with Crippen LogP contribution in [0.4, 0.5) is 5.69 Å². The third-order valence-electron chi connectivity index (χ3n) is 4.59. The van der Waals surface area contributed by atoms with Gasteiger partial charge in [0.15, 0.2) is 6.29 Å². The highest BCUT2D eigenvalue weighted by atomic mass is 32.2. The van der Waals surface area contributed by atoms with Gasteiger partial charge >= 0.3 is 0 Å². The number of nitro benzene ring substituents is 1. The predicted molar refractivity (Wildman–Crippen MR) is 105 cm³/mol. The molecule has 1 aliphatic heterocycles. The number of benzene rings is 2. The van der Waals surface area contributed by atoms with Gasteiger partial charge < -0.3 is 9.47 Å². The van der Waals surface area contributed by atoms with Crippen LogP contribution in [0.5, 0.6) is 0 Å². The Morgan fingerprint density at radius 2 is 1.97 bits per heavy atom. The van der Waals surface area contributed by atoms with Crippen molar-refractivity contribution in [3.05, 3.63) is 69.8 Å². The molecule has 2 aromatic rings.